The van der Waals surface area contributed by atoms with Crippen molar-refractivity contribution in [3.63, 3.8) is 0 Å². The third-order valence-electron chi connectivity index (χ3n) is 5.12. The first-order valence-electron chi connectivity index (χ1n) is 10.1. The number of nitrogens with one attached hydrogen (secondary N) is 2. The fourth-order valence-corrected chi connectivity index (χ4v) is 4.58. The molecule has 0 aliphatic heterocycles. The Bertz CT molecular complexity index is 1490. The molecule has 2 aromatic heterocycles. The van der Waals surface area contributed by atoms with Crippen molar-refractivity contribution in [2.45, 2.75) is 11.0 Å². The highest BCUT2D eigenvalue weighted by atomic mass is 32.2. The predicted octanol–water partition coefficient (Wildman–Crippen LogP) is 3.73. The van der Waals surface area contributed by atoms with Crippen molar-refractivity contribution in [3.05, 3.63) is 97.0 Å². The molecular formula is C24H18N4O4S. The molecule has 2 heterocycles. The Morgan fingerprint density at radius 3 is 2.55 bits per heavy atom. The maximum atomic E-state index is 13.1. The van der Waals surface area contributed by atoms with E-state index in [1.807, 2.05) is 0 Å². The lowest BCUT2D eigenvalue weighted by molar-refractivity contribution is -0.118. The first-order chi connectivity index (χ1) is 16.0. The Kier molecular flexibility index (Phi) is 5.23. The van der Waals surface area contributed by atoms with Crippen LogP contribution in [0.25, 0.3) is 16.7 Å². The summed E-state index contributed by atoms with van der Waals surface area (Å²) in [5.41, 5.74) is 2.64. The van der Waals surface area contributed by atoms with E-state index in [1.165, 1.54) is 18.5 Å². The highest BCUT2D eigenvalue weighted by Crippen LogP contribution is 2.28. The van der Waals surface area contributed by atoms with E-state index in [2.05, 4.69) is 19.7 Å². The Hall–Kier alpha value is -4.24. The molecular weight excluding hydrogens is 440 g/mol. The molecule has 5 rings (SSSR count). The second kappa shape index (κ2) is 8.36. The first-order valence-corrected chi connectivity index (χ1v) is 11.6. The maximum Gasteiger partial charge on any atom is 0.261 e. The third kappa shape index (κ3) is 4.13. The van der Waals surface area contributed by atoms with Crippen LogP contribution in [-0.2, 0) is 14.8 Å². The van der Waals surface area contributed by atoms with E-state index >= 15 is 0 Å². The van der Waals surface area contributed by atoms with E-state index in [0.717, 1.165) is 0 Å². The van der Waals surface area contributed by atoms with Crippen molar-refractivity contribution in [2.75, 3.05) is 4.72 Å². The monoisotopic (exact) mass is 458 g/mol. The molecule has 0 bridgehead atoms. The minimum absolute atomic E-state index is 0.173. The van der Waals surface area contributed by atoms with E-state index in [-0.39, 0.29) is 10.7 Å². The van der Waals surface area contributed by atoms with Crippen molar-refractivity contribution in [1.82, 2.24) is 15.0 Å². The summed E-state index contributed by atoms with van der Waals surface area (Å²) in [6.45, 7) is 0. The summed E-state index contributed by atoms with van der Waals surface area (Å²) in [5.74, 6) is 0.270. The molecule has 0 radical (unpaired) electrons. The van der Waals surface area contributed by atoms with Crippen LogP contribution in [0.4, 0.5) is 5.69 Å². The minimum atomic E-state index is -3.69. The van der Waals surface area contributed by atoms with Crippen LogP contribution in [0.3, 0.4) is 0 Å². The number of rotatable bonds is 6. The molecule has 164 valence electrons. The number of benzene rings is 2. The number of aromatic nitrogens is 3. The number of allylic oxidation sites excluding steroid dienone is 2. The lowest BCUT2D eigenvalue weighted by Gasteiger charge is -2.19. The summed E-state index contributed by atoms with van der Waals surface area (Å²) in [4.78, 5) is 24.5. The molecule has 1 unspecified atom stereocenters. The average Bonchev–Trinajstić information content (AvgIpc) is 3.31. The van der Waals surface area contributed by atoms with Gasteiger partial charge in [0.15, 0.2) is 11.8 Å². The highest BCUT2D eigenvalue weighted by Gasteiger charge is 2.26. The van der Waals surface area contributed by atoms with Crippen LogP contribution in [0.5, 0.6) is 5.75 Å². The van der Waals surface area contributed by atoms with Crippen LogP contribution in [0, 0.1) is 0 Å². The van der Waals surface area contributed by atoms with Gasteiger partial charge in [0.05, 0.1) is 11.2 Å². The van der Waals surface area contributed by atoms with E-state index in [9.17, 15) is 13.2 Å². The van der Waals surface area contributed by atoms with Crippen LogP contribution in [0.2, 0.25) is 0 Å². The number of nitrogens with zero attached hydrogens (tertiary/aromatic N) is 2. The van der Waals surface area contributed by atoms with Crippen LogP contribution in [0.1, 0.15) is 5.56 Å². The SMILES string of the molecule is O=C1C(c2ccc(NS(=O)(=O)c3ccccc3)cc2)=CC=CC1Oc1ccnc2nc[nH]c12. The van der Waals surface area contributed by atoms with E-state index in [0.29, 0.717) is 33.7 Å². The summed E-state index contributed by atoms with van der Waals surface area (Å²) in [6, 6.07) is 16.4. The number of hydrogen-bond donors (Lipinski definition) is 2. The summed E-state index contributed by atoms with van der Waals surface area (Å²) in [5, 5.41) is 0. The molecule has 0 saturated carbocycles. The van der Waals surface area contributed by atoms with Crippen LogP contribution < -0.4 is 9.46 Å². The molecule has 9 heteroatoms. The number of ether oxygens (including phenoxy) is 1. The van der Waals surface area contributed by atoms with Gasteiger partial charge < -0.3 is 9.72 Å². The fraction of sp³-hybridized carbons (Fsp3) is 0.0417. The van der Waals surface area contributed by atoms with Gasteiger partial charge in [-0.1, -0.05) is 42.5 Å². The highest BCUT2D eigenvalue weighted by molar-refractivity contribution is 7.92. The number of hydrogen-bond acceptors (Lipinski definition) is 6. The quantitative estimate of drug-likeness (QED) is 0.455. The van der Waals surface area contributed by atoms with Crippen molar-refractivity contribution in [1.29, 1.82) is 0 Å². The van der Waals surface area contributed by atoms with Gasteiger partial charge in [-0.05, 0) is 35.9 Å². The van der Waals surface area contributed by atoms with Crippen LogP contribution >= 0.6 is 0 Å². The van der Waals surface area contributed by atoms with E-state index in [4.69, 9.17) is 4.74 Å². The number of fused-ring (bicyclic) bond motifs is 1. The zero-order valence-electron chi connectivity index (χ0n) is 17.2. The molecule has 0 spiro atoms. The molecule has 33 heavy (non-hydrogen) atoms. The molecule has 0 amide bonds. The number of anilines is 1. The number of carbonyl (C=O) groups is 1. The second-order valence-corrected chi connectivity index (χ2v) is 8.96. The van der Waals surface area contributed by atoms with Gasteiger partial charge >= 0.3 is 0 Å². The van der Waals surface area contributed by atoms with Gasteiger partial charge in [0.2, 0.25) is 5.78 Å². The molecule has 0 fully saturated rings. The predicted molar refractivity (Wildman–Crippen MR) is 124 cm³/mol. The van der Waals surface area contributed by atoms with Gasteiger partial charge in [0, 0.05) is 23.5 Å². The van der Waals surface area contributed by atoms with Gasteiger partial charge in [-0.25, -0.2) is 18.4 Å². The summed E-state index contributed by atoms with van der Waals surface area (Å²) in [7, 11) is -3.69. The van der Waals surface area contributed by atoms with Gasteiger partial charge in [-0.3, -0.25) is 9.52 Å². The minimum Gasteiger partial charge on any atom is -0.476 e. The molecule has 1 aliphatic rings. The molecule has 0 saturated heterocycles. The van der Waals surface area contributed by atoms with Crippen molar-refractivity contribution < 1.29 is 17.9 Å². The number of pyridine rings is 1. The van der Waals surface area contributed by atoms with Crippen LogP contribution in [-0.4, -0.2) is 35.3 Å². The van der Waals surface area contributed by atoms with Gasteiger partial charge in [0.25, 0.3) is 10.0 Å². The summed E-state index contributed by atoms with van der Waals surface area (Å²) >= 11 is 0. The van der Waals surface area contributed by atoms with E-state index < -0.39 is 16.1 Å². The first kappa shape index (κ1) is 20.7. The Labute approximate surface area is 189 Å². The Morgan fingerprint density at radius 2 is 1.76 bits per heavy atom. The second-order valence-electron chi connectivity index (χ2n) is 7.27. The topological polar surface area (TPSA) is 114 Å². The fourth-order valence-electron chi connectivity index (χ4n) is 3.50. The average molecular weight is 458 g/mol. The zero-order chi connectivity index (χ0) is 22.8. The van der Waals surface area contributed by atoms with Crippen molar-refractivity contribution in [2.24, 2.45) is 0 Å². The van der Waals surface area contributed by atoms with Gasteiger partial charge in [0.1, 0.15) is 11.3 Å². The number of sulfonamides is 1. The standard InChI is InChI=1S/C24H18N4O4S/c29-23-19(7-4-8-21(23)32-20-13-14-25-24-22(20)26-15-27-24)16-9-11-17(12-10-16)28-33(30,31)18-5-2-1-3-6-18/h1-15,21,28H,(H,25,26,27). The lowest BCUT2D eigenvalue weighted by Crippen LogP contribution is -2.28. The molecule has 1 aliphatic carbocycles. The number of aromatic amines is 1. The normalized spacial score (nSPS) is 15.9. The number of Topliss-reactive ketones (excluding diaryl/α,β-unsaturated/α-hetero) is 1. The number of H-pyrrole nitrogens is 1. The van der Waals surface area contributed by atoms with Gasteiger partial charge in [-0.2, -0.15) is 0 Å². The molecule has 4 aromatic rings. The third-order valence-corrected chi connectivity index (χ3v) is 6.51. The van der Waals surface area contributed by atoms with Crippen molar-refractivity contribution >= 4 is 38.2 Å². The lowest BCUT2D eigenvalue weighted by atomic mass is 9.94. The smallest absolute Gasteiger partial charge is 0.261 e. The number of ketones is 1. The van der Waals surface area contributed by atoms with Gasteiger partial charge in [-0.15, -0.1) is 0 Å². The van der Waals surface area contributed by atoms with E-state index in [1.54, 1.807) is 73.0 Å². The molecule has 8 nitrogen and oxygen atoms in total. The maximum absolute atomic E-state index is 13.1. The molecule has 1 atom stereocenters. The zero-order valence-corrected chi connectivity index (χ0v) is 18.0. The summed E-state index contributed by atoms with van der Waals surface area (Å²) in [6.07, 6.45) is 7.43. The van der Waals surface area contributed by atoms with Crippen LogP contribution in [0.15, 0.2) is 96.3 Å². The van der Waals surface area contributed by atoms with Crippen molar-refractivity contribution in [3.8, 4) is 5.75 Å². The summed E-state index contributed by atoms with van der Waals surface area (Å²) < 4.78 is 33.5. The molecule has 2 aromatic carbocycles. The Balaban J connectivity index is 1.33. The number of carbonyl (C=O) groups excluding carboxylic acids is 1. The Morgan fingerprint density at radius 1 is 0.970 bits per heavy atom. The number of imidazole rings is 1. The molecule has 2 N–H and O–H groups in total. The largest absolute Gasteiger partial charge is 0.476 e.